The van der Waals surface area contributed by atoms with E-state index in [9.17, 15) is 0 Å². The molecule has 0 unspecified atom stereocenters. The summed E-state index contributed by atoms with van der Waals surface area (Å²) in [5, 5.41) is 7.76. The van der Waals surface area contributed by atoms with Crippen molar-refractivity contribution < 1.29 is 0 Å². The third-order valence-electron chi connectivity index (χ3n) is 10.5. The van der Waals surface area contributed by atoms with Crippen molar-refractivity contribution in [3.05, 3.63) is 188 Å². The van der Waals surface area contributed by atoms with Crippen molar-refractivity contribution in [2.45, 2.75) is 0 Å². The van der Waals surface area contributed by atoms with Crippen LogP contribution in [0.2, 0.25) is 0 Å². The van der Waals surface area contributed by atoms with Crippen molar-refractivity contribution in [1.29, 1.82) is 0 Å². The summed E-state index contributed by atoms with van der Waals surface area (Å²) in [4.78, 5) is 2.36. The Kier molecular flexibility index (Phi) is 6.42. The number of benzene rings is 8. The molecule has 0 aliphatic heterocycles. The molecule has 0 saturated heterocycles. The maximum Gasteiger partial charge on any atom is 0.0548 e. The lowest BCUT2D eigenvalue weighted by atomic mass is 10.0. The molecule has 0 bridgehead atoms. The molecule has 0 radical (unpaired) electrons. The summed E-state index contributed by atoms with van der Waals surface area (Å²) in [5.41, 5.74) is 10.5. The predicted octanol–water partition coefficient (Wildman–Crippen LogP) is 13.7. The van der Waals surface area contributed by atoms with Crippen LogP contribution in [0.25, 0.3) is 75.2 Å². The summed E-state index contributed by atoms with van der Waals surface area (Å²) in [6.07, 6.45) is 0. The quantitative estimate of drug-likeness (QED) is 0.176. The number of fused-ring (bicyclic) bond motifs is 11. The molecule has 11 aromatic rings. The predicted molar refractivity (Wildman–Crippen MR) is 223 cm³/mol. The van der Waals surface area contributed by atoms with Gasteiger partial charge in [-0.05, 0) is 97.1 Å². The van der Waals surface area contributed by atoms with Crippen LogP contribution in [0.4, 0.5) is 17.1 Å². The maximum absolute atomic E-state index is 2.44. The molecule has 244 valence electrons. The zero-order chi connectivity index (χ0) is 34.2. The van der Waals surface area contributed by atoms with E-state index in [1.54, 1.807) is 0 Å². The first kappa shape index (κ1) is 29.1. The number of hydrogen-bond acceptors (Lipinski definition) is 2. The van der Waals surface area contributed by atoms with Crippen LogP contribution in [-0.2, 0) is 0 Å². The molecule has 0 spiro atoms. The van der Waals surface area contributed by atoms with Crippen molar-refractivity contribution >= 4 is 92.2 Å². The van der Waals surface area contributed by atoms with Gasteiger partial charge in [0.25, 0.3) is 0 Å². The fourth-order valence-corrected chi connectivity index (χ4v) is 9.48. The molecule has 0 saturated carbocycles. The Hall–Kier alpha value is -6.62. The highest BCUT2D eigenvalue weighted by Crippen LogP contribution is 2.49. The van der Waals surface area contributed by atoms with Crippen LogP contribution in [0, 0.1) is 0 Å². The van der Waals surface area contributed by atoms with Crippen LogP contribution >= 0.6 is 11.3 Å². The first-order valence-corrected chi connectivity index (χ1v) is 18.5. The van der Waals surface area contributed by atoms with Gasteiger partial charge in [-0.3, -0.25) is 0 Å². The van der Waals surface area contributed by atoms with Crippen molar-refractivity contribution in [2.75, 3.05) is 4.90 Å². The van der Waals surface area contributed by atoms with Crippen molar-refractivity contribution in [3.63, 3.8) is 0 Å². The number of anilines is 3. The van der Waals surface area contributed by atoms with E-state index in [1.807, 2.05) is 11.3 Å². The number of hydrogen-bond donors (Lipinski definition) is 0. The second-order valence-electron chi connectivity index (χ2n) is 13.3. The lowest BCUT2D eigenvalue weighted by molar-refractivity contribution is 1.18. The second-order valence-corrected chi connectivity index (χ2v) is 14.4. The zero-order valence-corrected chi connectivity index (χ0v) is 29.0. The number of thiophene rings is 1. The summed E-state index contributed by atoms with van der Waals surface area (Å²) in [7, 11) is 0. The molecule has 11 rings (SSSR count). The minimum atomic E-state index is 1.12. The average molecular weight is 682 g/mol. The van der Waals surface area contributed by atoms with E-state index in [2.05, 4.69) is 202 Å². The molecule has 0 aliphatic carbocycles. The minimum absolute atomic E-state index is 1.12. The van der Waals surface area contributed by atoms with E-state index < -0.39 is 0 Å². The van der Waals surface area contributed by atoms with Crippen LogP contribution in [0.15, 0.2) is 188 Å². The van der Waals surface area contributed by atoms with Crippen LogP contribution in [0.1, 0.15) is 0 Å². The van der Waals surface area contributed by atoms with Gasteiger partial charge in [0.1, 0.15) is 0 Å². The van der Waals surface area contributed by atoms with Gasteiger partial charge in [-0.1, -0.05) is 91.0 Å². The number of aromatic nitrogens is 2. The first-order valence-electron chi connectivity index (χ1n) is 17.7. The Morgan fingerprint density at radius 2 is 0.769 bits per heavy atom. The fraction of sp³-hybridized carbons (Fsp3) is 0. The SMILES string of the molecule is c1ccc(N(c2ccccc2)c2ccc3c(c2)c2c4c(ccc2n3-c2ccccc2)sc2ccc3c(c5ccccc5n3-c3ccccc3)c24)cc1. The molecule has 52 heavy (non-hydrogen) atoms. The molecule has 3 heterocycles. The molecule has 3 nitrogen and oxygen atoms in total. The standard InChI is InChI=1S/C48H31N3S/c1-5-15-32(16-6-1)49(33-17-7-2-8-18-33)36-25-26-40-38(31-36)46-42(51(40)35-21-11-4-12-22-35)28-30-44-48(46)47-43(52-44)29-27-41-45(47)37-23-13-14-24-39(37)50(41)34-19-9-3-10-20-34/h1-31H. The van der Waals surface area contributed by atoms with E-state index in [0.717, 1.165) is 22.7 Å². The molecular weight excluding hydrogens is 651 g/mol. The Morgan fingerprint density at radius 3 is 1.33 bits per heavy atom. The minimum Gasteiger partial charge on any atom is -0.310 e. The van der Waals surface area contributed by atoms with Gasteiger partial charge in [0.15, 0.2) is 0 Å². The van der Waals surface area contributed by atoms with Crippen LogP contribution in [0.5, 0.6) is 0 Å². The van der Waals surface area contributed by atoms with Crippen molar-refractivity contribution in [1.82, 2.24) is 9.13 Å². The molecule has 0 amide bonds. The third-order valence-corrected chi connectivity index (χ3v) is 11.6. The van der Waals surface area contributed by atoms with Gasteiger partial charge in [0.05, 0.1) is 22.1 Å². The fourth-order valence-electron chi connectivity index (χ4n) is 8.36. The third kappa shape index (κ3) is 4.25. The Bertz CT molecular complexity index is 3060. The van der Waals surface area contributed by atoms with Gasteiger partial charge in [-0.25, -0.2) is 0 Å². The Morgan fingerprint density at radius 1 is 0.327 bits per heavy atom. The highest BCUT2D eigenvalue weighted by Gasteiger charge is 2.23. The Labute approximate surface area is 304 Å². The normalized spacial score (nSPS) is 11.8. The van der Waals surface area contributed by atoms with Gasteiger partial charge < -0.3 is 14.0 Å². The van der Waals surface area contributed by atoms with Gasteiger partial charge in [-0.15, -0.1) is 11.3 Å². The molecule has 3 aromatic heterocycles. The van der Waals surface area contributed by atoms with E-state index in [1.165, 1.54) is 69.5 Å². The van der Waals surface area contributed by atoms with E-state index in [0.29, 0.717) is 0 Å². The summed E-state index contributed by atoms with van der Waals surface area (Å²) in [6, 6.07) is 68.1. The molecule has 0 N–H and O–H groups in total. The number of para-hydroxylation sites is 5. The van der Waals surface area contributed by atoms with Crippen molar-refractivity contribution in [2.24, 2.45) is 0 Å². The van der Waals surface area contributed by atoms with Crippen LogP contribution < -0.4 is 4.90 Å². The Balaban J connectivity index is 1.31. The largest absolute Gasteiger partial charge is 0.310 e. The molecule has 8 aromatic carbocycles. The molecule has 0 aliphatic rings. The molecule has 4 heteroatoms. The summed E-state index contributed by atoms with van der Waals surface area (Å²) >= 11 is 1.89. The topological polar surface area (TPSA) is 13.1 Å². The summed E-state index contributed by atoms with van der Waals surface area (Å²) in [5.74, 6) is 0. The van der Waals surface area contributed by atoms with Gasteiger partial charge >= 0.3 is 0 Å². The van der Waals surface area contributed by atoms with Gasteiger partial charge in [0, 0.05) is 70.2 Å². The lowest BCUT2D eigenvalue weighted by Crippen LogP contribution is -2.09. The van der Waals surface area contributed by atoms with Gasteiger partial charge in [0.2, 0.25) is 0 Å². The summed E-state index contributed by atoms with van der Waals surface area (Å²) in [6.45, 7) is 0. The van der Waals surface area contributed by atoms with E-state index >= 15 is 0 Å². The molecular formula is C48H31N3S. The van der Waals surface area contributed by atoms with Crippen molar-refractivity contribution in [3.8, 4) is 11.4 Å². The number of nitrogens with zero attached hydrogens (tertiary/aromatic N) is 3. The van der Waals surface area contributed by atoms with Crippen LogP contribution in [-0.4, -0.2) is 9.13 Å². The van der Waals surface area contributed by atoms with E-state index in [-0.39, 0.29) is 0 Å². The van der Waals surface area contributed by atoms with E-state index in [4.69, 9.17) is 0 Å². The number of rotatable bonds is 5. The van der Waals surface area contributed by atoms with Gasteiger partial charge in [-0.2, -0.15) is 0 Å². The second kappa shape index (κ2) is 11.5. The summed E-state index contributed by atoms with van der Waals surface area (Å²) < 4.78 is 7.47. The lowest BCUT2D eigenvalue weighted by Gasteiger charge is -2.25. The maximum atomic E-state index is 2.44. The molecule has 0 fully saturated rings. The average Bonchev–Trinajstić information content (AvgIpc) is 3.87. The first-order chi connectivity index (χ1) is 25.8. The highest BCUT2D eigenvalue weighted by atomic mass is 32.1. The smallest absolute Gasteiger partial charge is 0.0548 e. The zero-order valence-electron chi connectivity index (χ0n) is 28.1. The molecule has 0 atom stereocenters. The van der Waals surface area contributed by atoms with Crippen LogP contribution in [0.3, 0.4) is 0 Å². The monoisotopic (exact) mass is 681 g/mol. The highest BCUT2D eigenvalue weighted by molar-refractivity contribution is 7.26.